The summed E-state index contributed by atoms with van der Waals surface area (Å²) in [5.74, 6) is 0. The third kappa shape index (κ3) is 11.9. The molecule has 0 N–H and O–H groups in total. The van der Waals surface area contributed by atoms with Gasteiger partial charge in [0.05, 0.1) is 0 Å². The third-order valence-corrected chi connectivity index (χ3v) is 0.400. The molecule has 3 nitrogen and oxygen atoms in total. The zero-order valence-corrected chi connectivity index (χ0v) is 3.07. The average molecular weight is 201 g/mol. The molecule has 0 saturated carbocycles. The maximum atomic E-state index is 3.56. The number of hydrogen-bond donors (Lipinski definition) is 0. The Morgan fingerprint density at radius 2 is 0.778 bits per heavy atom. The molecule has 36 valence electrons. The quantitative estimate of drug-likeness (QED) is 0.453. The molecule has 0 aromatic carbocycles. The van der Waals surface area contributed by atoms with E-state index in [1.165, 1.54) is 19.0 Å². The van der Waals surface area contributed by atoms with Crippen LogP contribution in [0.5, 0.6) is 0 Å². The second-order valence-electron chi connectivity index (χ2n) is 0.794. The molecule has 0 spiro atoms. The second kappa shape index (κ2) is 14.4. The summed E-state index contributed by atoms with van der Waals surface area (Å²) in [7, 11) is 0. The molecule has 0 bridgehead atoms. The van der Waals surface area contributed by atoms with E-state index in [1.807, 2.05) is 0 Å². The Hall–Kier alpha value is 3.92. The Balaban J connectivity index is -0.000000120. The van der Waals surface area contributed by atoms with E-state index in [2.05, 4.69) is 15.0 Å². The van der Waals surface area contributed by atoms with Crippen LogP contribution in [-0.2, 0) is 0 Å². The third-order valence-electron chi connectivity index (χ3n) is 0.400. The van der Waals surface area contributed by atoms with Crippen molar-refractivity contribution in [2.24, 2.45) is 0 Å². The Labute approximate surface area is 182 Å². The van der Waals surface area contributed by atoms with Gasteiger partial charge in [0.2, 0.25) is 0 Å². The van der Waals surface area contributed by atoms with Crippen LogP contribution in [0.15, 0.2) is 19.0 Å². The summed E-state index contributed by atoms with van der Waals surface area (Å²) in [6.07, 6.45) is 4.31. The van der Waals surface area contributed by atoms with Gasteiger partial charge in [0.15, 0.2) is 0 Å². The molecule has 0 saturated heterocycles. The molecule has 0 aliphatic heterocycles. The first-order chi connectivity index (χ1) is 3.00. The first-order valence-corrected chi connectivity index (χ1v) is 1.55. The average Bonchev–Trinajstić information content (AvgIpc) is 1.72. The summed E-state index contributed by atoms with van der Waals surface area (Å²) in [4.78, 5) is 10.7. The van der Waals surface area contributed by atoms with Gasteiger partial charge in [0.1, 0.15) is 19.0 Å². The van der Waals surface area contributed by atoms with Crippen molar-refractivity contribution in [3.05, 3.63) is 19.0 Å². The summed E-state index contributed by atoms with van der Waals surface area (Å²) < 4.78 is 0. The van der Waals surface area contributed by atoms with Gasteiger partial charge in [-0.15, -0.1) is 0 Å². The monoisotopic (exact) mass is 201 g/mol. The van der Waals surface area contributed by atoms with E-state index in [1.54, 1.807) is 0 Å². The molecular formula is C3H6K3N3. The van der Waals surface area contributed by atoms with Gasteiger partial charge in [-0.05, 0) is 0 Å². The zero-order chi connectivity index (χ0) is 4.24. The van der Waals surface area contributed by atoms with Crippen LogP contribution in [0.25, 0.3) is 0 Å². The van der Waals surface area contributed by atoms with E-state index in [4.69, 9.17) is 0 Å². The van der Waals surface area contributed by atoms with E-state index in [0.717, 1.165) is 0 Å². The van der Waals surface area contributed by atoms with Crippen molar-refractivity contribution in [2.45, 2.75) is 0 Å². The molecule has 1 rings (SSSR count). The largest absolute Gasteiger partial charge is 0.225 e. The Morgan fingerprint density at radius 3 is 0.889 bits per heavy atom. The normalized spacial score (nSPS) is 5.33. The summed E-state index contributed by atoms with van der Waals surface area (Å²) in [5, 5.41) is 0. The summed E-state index contributed by atoms with van der Waals surface area (Å²) in [6.45, 7) is 0. The molecule has 1 aromatic rings. The van der Waals surface area contributed by atoms with E-state index in [9.17, 15) is 0 Å². The second-order valence-corrected chi connectivity index (χ2v) is 0.794. The first kappa shape index (κ1) is 18.7. The number of aromatic nitrogens is 3. The minimum atomic E-state index is 0. The molecule has 6 heteroatoms. The van der Waals surface area contributed by atoms with Gasteiger partial charge in [-0.1, -0.05) is 0 Å². The summed E-state index contributed by atoms with van der Waals surface area (Å²) >= 11 is 0. The number of hydrogen-bond acceptors (Lipinski definition) is 3. The van der Waals surface area contributed by atoms with Crippen molar-refractivity contribution in [3.63, 3.8) is 0 Å². The van der Waals surface area contributed by atoms with E-state index >= 15 is 0 Å². The fraction of sp³-hybridized carbons (Fsp3) is 0. The van der Waals surface area contributed by atoms with Gasteiger partial charge in [-0.2, -0.15) is 0 Å². The zero-order valence-electron chi connectivity index (χ0n) is 3.07. The Morgan fingerprint density at radius 1 is 0.556 bits per heavy atom. The summed E-state index contributed by atoms with van der Waals surface area (Å²) in [5.41, 5.74) is 0. The number of rotatable bonds is 0. The van der Waals surface area contributed by atoms with Gasteiger partial charge < -0.3 is 0 Å². The Kier molecular flexibility index (Phi) is 29.9. The van der Waals surface area contributed by atoms with Crippen molar-refractivity contribution in [1.29, 1.82) is 0 Å². The molecule has 0 amide bonds. The molecule has 1 heterocycles. The molecule has 1 aromatic heterocycles. The van der Waals surface area contributed by atoms with Gasteiger partial charge in [-0.25, -0.2) is 15.0 Å². The molecule has 0 atom stereocenters. The smallest absolute Gasteiger partial charge is 0.119 e. The molecule has 0 aliphatic carbocycles. The van der Waals surface area contributed by atoms with Gasteiger partial charge in [0.25, 0.3) is 0 Å². The van der Waals surface area contributed by atoms with E-state index < -0.39 is 0 Å². The Bertz CT molecular complexity index is 86.2. The standard InChI is InChI=1S/C3H3N3.3K.3H/c1-4-2-6-3-5-1;;;;;;/h1-3H;;;;;;. The van der Waals surface area contributed by atoms with Crippen LogP contribution in [0.1, 0.15) is 0 Å². The fourth-order valence-corrected chi connectivity index (χ4v) is 0.205. The molecular weight excluding hydrogens is 195 g/mol. The van der Waals surface area contributed by atoms with Crippen molar-refractivity contribution in [2.75, 3.05) is 0 Å². The van der Waals surface area contributed by atoms with Crippen LogP contribution in [0.3, 0.4) is 0 Å². The van der Waals surface area contributed by atoms with Crippen molar-refractivity contribution in [3.8, 4) is 0 Å². The topological polar surface area (TPSA) is 38.7 Å². The predicted octanol–water partition coefficient (Wildman–Crippen LogP) is -2.07. The molecule has 0 unspecified atom stereocenters. The maximum Gasteiger partial charge on any atom is 0.119 e. The van der Waals surface area contributed by atoms with Crippen molar-refractivity contribution in [1.82, 2.24) is 15.0 Å². The molecule has 0 radical (unpaired) electrons. The van der Waals surface area contributed by atoms with Gasteiger partial charge >= 0.3 is 154 Å². The van der Waals surface area contributed by atoms with Crippen molar-refractivity contribution < 1.29 is 0 Å². The SMILES string of the molecule is [KH].[KH].[KH].c1ncncn1. The van der Waals surface area contributed by atoms with Crippen LogP contribution in [-0.4, -0.2) is 169 Å². The minimum Gasteiger partial charge on any atom is -0.225 e. The molecule has 9 heavy (non-hydrogen) atoms. The van der Waals surface area contributed by atoms with Crippen LogP contribution >= 0.6 is 0 Å². The number of nitrogens with zero attached hydrogens (tertiary/aromatic N) is 3. The summed E-state index contributed by atoms with van der Waals surface area (Å²) in [6, 6.07) is 0. The van der Waals surface area contributed by atoms with Gasteiger partial charge in [-0.3, -0.25) is 0 Å². The maximum absolute atomic E-state index is 3.56. The van der Waals surface area contributed by atoms with Crippen molar-refractivity contribution >= 4 is 154 Å². The van der Waals surface area contributed by atoms with Crippen LogP contribution < -0.4 is 0 Å². The first-order valence-electron chi connectivity index (χ1n) is 1.55. The molecule has 0 fully saturated rings. The fourth-order valence-electron chi connectivity index (χ4n) is 0.205. The van der Waals surface area contributed by atoms with Crippen LogP contribution in [0.2, 0.25) is 0 Å². The van der Waals surface area contributed by atoms with Crippen LogP contribution in [0.4, 0.5) is 0 Å². The predicted molar refractivity (Wildman–Crippen MR) is 41.3 cm³/mol. The minimum absolute atomic E-state index is 0. The van der Waals surface area contributed by atoms with Gasteiger partial charge in [0, 0.05) is 0 Å². The van der Waals surface area contributed by atoms with Crippen LogP contribution in [0, 0.1) is 0 Å². The van der Waals surface area contributed by atoms with E-state index in [0.29, 0.717) is 0 Å². The molecule has 0 aliphatic rings. The van der Waals surface area contributed by atoms with E-state index in [-0.39, 0.29) is 154 Å².